The number of ether oxygens (including phenoxy) is 1. The van der Waals surface area contributed by atoms with Gasteiger partial charge in [-0.2, -0.15) is 0 Å². The number of carbonyl (C=O) groups is 1. The van der Waals surface area contributed by atoms with E-state index in [9.17, 15) is 4.79 Å². The van der Waals surface area contributed by atoms with Crippen LogP contribution in [0.15, 0.2) is 46.9 Å². The number of hydrogen-bond acceptors (Lipinski definition) is 2. The molecule has 20 heavy (non-hydrogen) atoms. The molecule has 2 aromatic carbocycles. The lowest BCUT2D eigenvalue weighted by atomic mass is 10.3. The molecule has 1 N–H and O–H groups in total. The Labute approximate surface area is 135 Å². The molecular formula is C14H10BrCl2NO2. The van der Waals surface area contributed by atoms with E-state index in [0.29, 0.717) is 21.5 Å². The smallest absolute Gasteiger partial charge is 0.262 e. The first-order valence-electron chi connectivity index (χ1n) is 5.68. The molecule has 3 nitrogen and oxygen atoms in total. The maximum atomic E-state index is 11.8. The normalized spacial score (nSPS) is 10.2. The largest absolute Gasteiger partial charge is 0.483 e. The zero-order valence-electron chi connectivity index (χ0n) is 10.2. The SMILES string of the molecule is O=C(COc1ccccc1Br)Nc1ccc(Cl)c(Cl)c1. The summed E-state index contributed by atoms with van der Waals surface area (Å²) >= 11 is 15.0. The molecule has 1 amide bonds. The molecule has 2 rings (SSSR count). The van der Waals surface area contributed by atoms with Gasteiger partial charge in [0.1, 0.15) is 5.75 Å². The number of hydrogen-bond donors (Lipinski definition) is 1. The van der Waals surface area contributed by atoms with Crippen LogP contribution < -0.4 is 10.1 Å². The second-order valence-corrected chi connectivity index (χ2v) is 5.56. The van der Waals surface area contributed by atoms with Crippen LogP contribution in [0.2, 0.25) is 10.0 Å². The molecule has 0 spiro atoms. The average molecular weight is 375 g/mol. The lowest BCUT2D eigenvalue weighted by molar-refractivity contribution is -0.118. The third-order valence-corrected chi connectivity index (χ3v) is 3.79. The molecule has 0 radical (unpaired) electrons. The molecule has 104 valence electrons. The van der Waals surface area contributed by atoms with Gasteiger partial charge in [-0.15, -0.1) is 0 Å². The van der Waals surface area contributed by atoms with Gasteiger partial charge in [0.25, 0.3) is 5.91 Å². The van der Waals surface area contributed by atoms with Crippen molar-refractivity contribution >= 4 is 50.7 Å². The van der Waals surface area contributed by atoms with E-state index in [0.717, 1.165) is 4.47 Å². The molecule has 0 aliphatic rings. The lowest BCUT2D eigenvalue weighted by Crippen LogP contribution is -2.20. The van der Waals surface area contributed by atoms with Gasteiger partial charge in [0.2, 0.25) is 0 Å². The lowest BCUT2D eigenvalue weighted by Gasteiger charge is -2.09. The van der Waals surface area contributed by atoms with Crippen molar-refractivity contribution in [1.29, 1.82) is 0 Å². The molecule has 0 heterocycles. The summed E-state index contributed by atoms with van der Waals surface area (Å²) in [6.07, 6.45) is 0. The first-order chi connectivity index (χ1) is 9.56. The summed E-state index contributed by atoms with van der Waals surface area (Å²) in [7, 11) is 0. The highest BCUT2D eigenvalue weighted by molar-refractivity contribution is 9.10. The fourth-order valence-electron chi connectivity index (χ4n) is 1.48. The molecule has 0 saturated carbocycles. The number of amides is 1. The Kier molecular flexibility index (Phi) is 5.29. The zero-order valence-corrected chi connectivity index (χ0v) is 13.3. The Hall–Kier alpha value is -1.23. The Morgan fingerprint density at radius 3 is 2.60 bits per heavy atom. The summed E-state index contributed by atoms with van der Waals surface area (Å²) in [5.41, 5.74) is 0.570. The van der Waals surface area contributed by atoms with Crippen molar-refractivity contribution in [2.75, 3.05) is 11.9 Å². The molecule has 0 aromatic heterocycles. The summed E-state index contributed by atoms with van der Waals surface area (Å²) in [6, 6.07) is 12.2. The predicted molar refractivity (Wildman–Crippen MR) is 84.7 cm³/mol. The number of anilines is 1. The molecule has 0 aliphatic heterocycles. The number of rotatable bonds is 4. The van der Waals surface area contributed by atoms with Gasteiger partial charge in [-0.25, -0.2) is 0 Å². The quantitative estimate of drug-likeness (QED) is 0.836. The molecule has 0 fully saturated rings. The number of halogens is 3. The van der Waals surface area contributed by atoms with Gasteiger partial charge in [0, 0.05) is 5.69 Å². The van der Waals surface area contributed by atoms with Crippen molar-refractivity contribution in [2.45, 2.75) is 0 Å². The molecule has 0 saturated heterocycles. The second-order valence-electron chi connectivity index (χ2n) is 3.90. The zero-order chi connectivity index (χ0) is 14.5. The Bertz CT molecular complexity index is 634. The van der Waals surface area contributed by atoms with Gasteiger partial charge in [-0.1, -0.05) is 35.3 Å². The van der Waals surface area contributed by atoms with Crippen LogP contribution in [0, 0.1) is 0 Å². The van der Waals surface area contributed by atoms with Crippen LogP contribution in [-0.2, 0) is 4.79 Å². The Balaban J connectivity index is 1.93. The van der Waals surface area contributed by atoms with E-state index < -0.39 is 0 Å². The third kappa shape index (κ3) is 4.13. The molecule has 0 atom stereocenters. The third-order valence-electron chi connectivity index (χ3n) is 2.40. The predicted octanol–water partition coefficient (Wildman–Crippen LogP) is 4.77. The molecule has 6 heteroatoms. The van der Waals surface area contributed by atoms with E-state index in [1.165, 1.54) is 0 Å². The van der Waals surface area contributed by atoms with Crippen LogP contribution in [-0.4, -0.2) is 12.5 Å². The Morgan fingerprint density at radius 2 is 1.90 bits per heavy atom. The second kappa shape index (κ2) is 6.97. The molecule has 0 unspecified atom stereocenters. The number of nitrogens with one attached hydrogen (secondary N) is 1. The molecular weight excluding hydrogens is 365 g/mol. The number of carbonyl (C=O) groups excluding carboxylic acids is 1. The topological polar surface area (TPSA) is 38.3 Å². The minimum Gasteiger partial charge on any atom is -0.483 e. The monoisotopic (exact) mass is 373 g/mol. The molecule has 2 aromatic rings. The van der Waals surface area contributed by atoms with E-state index in [1.54, 1.807) is 24.3 Å². The van der Waals surface area contributed by atoms with E-state index in [2.05, 4.69) is 21.2 Å². The van der Waals surface area contributed by atoms with Crippen LogP contribution in [0.5, 0.6) is 5.75 Å². The summed E-state index contributed by atoms with van der Waals surface area (Å²) < 4.78 is 6.20. The highest BCUT2D eigenvalue weighted by Crippen LogP contribution is 2.25. The summed E-state index contributed by atoms with van der Waals surface area (Å²) in [5.74, 6) is 0.330. The van der Waals surface area contributed by atoms with E-state index in [1.807, 2.05) is 18.2 Å². The van der Waals surface area contributed by atoms with Gasteiger partial charge in [0.15, 0.2) is 6.61 Å². The maximum Gasteiger partial charge on any atom is 0.262 e. The van der Waals surface area contributed by atoms with Gasteiger partial charge in [-0.3, -0.25) is 4.79 Å². The van der Waals surface area contributed by atoms with Crippen LogP contribution in [0.25, 0.3) is 0 Å². The van der Waals surface area contributed by atoms with Gasteiger partial charge >= 0.3 is 0 Å². The van der Waals surface area contributed by atoms with Crippen LogP contribution in [0.1, 0.15) is 0 Å². The van der Waals surface area contributed by atoms with E-state index in [-0.39, 0.29) is 12.5 Å². The van der Waals surface area contributed by atoms with E-state index >= 15 is 0 Å². The average Bonchev–Trinajstić information content (AvgIpc) is 2.42. The van der Waals surface area contributed by atoms with Gasteiger partial charge < -0.3 is 10.1 Å². The summed E-state index contributed by atoms with van der Waals surface area (Å²) in [5, 5.41) is 3.50. The van der Waals surface area contributed by atoms with Gasteiger partial charge in [0.05, 0.1) is 14.5 Å². The van der Waals surface area contributed by atoms with Crippen molar-refractivity contribution in [1.82, 2.24) is 0 Å². The van der Waals surface area contributed by atoms with Crippen molar-refractivity contribution < 1.29 is 9.53 Å². The fraction of sp³-hybridized carbons (Fsp3) is 0.0714. The van der Waals surface area contributed by atoms with Crippen LogP contribution in [0.4, 0.5) is 5.69 Å². The summed E-state index contributed by atoms with van der Waals surface area (Å²) in [6.45, 7) is -0.0944. The summed E-state index contributed by atoms with van der Waals surface area (Å²) in [4.78, 5) is 11.8. The van der Waals surface area contributed by atoms with Crippen molar-refractivity contribution in [2.24, 2.45) is 0 Å². The Morgan fingerprint density at radius 1 is 1.15 bits per heavy atom. The number of para-hydroxylation sites is 1. The van der Waals surface area contributed by atoms with Crippen molar-refractivity contribution in [3.63, 3.8) is 0 Å². The highest BCUT2D eigenvalue weighted by Gasteiger charge is 2.07. The highest BCUT2D eigenvalue weighted by atomic mass is 79.9. The van der Waals surface area contributed by atoms with Gasteiger partial charge in [-0.05, 0) is 46.3 Å². The van der Waals surface area contributed by atoms with Crippen molar-refractivity contribution in [3.8, 4) is 5.75 Å². The minimum absolute atomic E-state index is 0.0944. The minimum atomic E-state index is -0.279. The van der Waals surface area contributed by atoms with Crippen molar-refractivity contribution in [3.05, 3.63) is 57.0 Å². The van der Waals surface area contributed by atoms with Crippen LogP contribution >= 0.6 is 39.1 Å². The van der Waals surface area contributed by atoms with E-state index in [4.69, 9.17) is 27.9 Å². The first kappa shape index (κ1) is 15.2. The maximum absolute atomic E-state index is 11.8. The fourth-order valence-corrected chi connectivity index (χ4v) is 2.17. The standard InChI is InChI=1S/C14H10BrCl2NO2/c15-10-3-1-2-4-13(10)20-8-14(19)18-9-5-6-11(16)12(17)7-9/h1-7H,8H2,(H,18,19). The van der Waals surface area contributed by atoms with Crippen LogP contribution in [0.3, 0.4) is 0 Å². The molecule has 0 bridgehead atoms. The molecule has 0 aliphatic carbocycles. The number of benzene rings is 2. The first-order valence-corrected chi connectivity index (χ1v) is 7.23.